The summed E-state index contributed by atoms with van der Waals surface area (Å²) in [7, 11) is 1.70. The molecule has 4 rings (SSSR count). The fourth-order valence-electron chi connectivity index (χ4n) is 4.32. The Kier molecular flexibility index (Phi) is 4.54. The van der Waals surface area contributed by atoms with Gasteiger partial charge in [0, 0.05) is 29.9 Å². The summed E-state index contributed by atoms with van der Waals surface area (Å²) >= 11 is 0. The summed E-state index contributed by atoms with van der Waals surface area (Å²) in [6, 6.07) is 6.23. The van der Waals surface area contributed by atoms with Crippen molar-refractivity contribution in [3.05, 3.63) is 40.7 Å². The summed E-state index contributed by atoms with van der Waals surface area (Å²) in [5.74, 6) is 2.11. The molecule has 0 amide bonds. The van der Waals surface area contributed by atoms with Crippen LogP contribution < -0.4 is 9.64 Å². The molecule has 1 aromatic carbocycles. The molecular formula is C22H28N4O. The van der Waals surface area contributed by atoms with Crippen LogP contribution in [0.25, 0.3) is 16.8 Å². The highest BCUT2D eigenvalue weighted by Gasteiger charge is 2.26. The zero-order valence-corrected chi connectivity index (χ0v) is 17.0. The monoisotopic (exact) mass is 364 g/mol. The van der Waals surface area contributed by atoms with Gasteiger partial charge in [-0.05, 0) is 70.2 Å². The fourth-order valence-corrected chi connectivity index (χ4v) is 4.32. The van der Waals surface area contributed by atoms with Gasteiger partial charge in [0.25, 0.3) is 0 Å². The van der Waals surface area contributed by atoms with Crippen molar-refractivity contribution in [1.82, 2.24) is 14.6 Å². The molecule has 2 aromatic heterocycles. The molecule has 0 bridgehead atoms. The summed E-state index contributed by atoms with van der Waals surface area (Å²) < 4.78 is 7.47. The normalized spacial score (nSPS) is 13.2. The van der Waals surface area contributed by atoms with Crippen molar-refractivity contribution in [1.29, 1.82) is 0 Å². The highest BCUT2D eigenvalue weighted by molar-refractivity contribution is 5.83. The maximum Gasteiger partial charge on any atom is 0.165 e. The summed E-state index contributed by atoms with van der Waals surface area (Å²) in [6.45, 7) is 10.6. The Morgan fingerprint density at radius 2 is 1.93 bits per heavy atom. The van der Waals surface area contributed by atoms with Gasteiger partial charge in [-0.15, -0.1) is 0 Å². The van der Waals surface area contributed by atoms with E-state index in [9.17, 15) is 0 Å². The first kappa shape index (κ1) is 17.8. The largest absolute Gasteiger partial charge is 0.497 e. The predicted octanol–water partition coefficient (Wildman–Crippen LogP) is 4.36. The Bertz CT molecular complexity index is 1000. The van der Waals surface area contributed by atoms with Crippen LogP contribution in [-0.2, 0) is 12.8 Å². The molecule has 2 heterocycles. The van der Waals surface area contributed by atoms with Gasteiger partial charge in [-0.1, -0.05) is 6.07 Å². The van der Waals surface area contributed by atoms with Gasteiger partial charge in [0.1, 0.15) is 11.6 Å². The lowest BCUT2D eigenvalue weighted by atomic mass is 10.0. The van der Waals surface area contributed by atoms with Crippen molar-refractivity contribution in [3.8, 4) is 16.9 Å². The zero-order chi connectivity index (χ0) is 19.1. The van der Waals surface area contributed by atoms with E-state index in [1.807, 2.05) is 6.07 Å². The van der Waals surface area contributed by atoms with E-state index in [2.05, 4.69) is 49.2 Å². The number of hydrogen-bond donors (Lipinski definition) is 0. The minimum absolute atomic E-state index is 0.878. The average Bonchev–Trinajstić information content (AvgIpc) is 3.26. The van der Waals surface area contributed by atoms with Crippen molar-refractivity contribution in [2.75, 3.05) is 25.1 Å². The molecule has 0 saturated heterocycles. The van der Waals surface area contributed by atoms with Gasteiger partial charge in [0.05, 0.1) is 12.8 Å². The smallest absolute Gasteiger partial charge is 0.165 e. The first-order chi connectivity index (χ1) is 13.1. The van der Waals surface area contributed by atoms with Gasteiger partial charge in [-0.2, -0.15) is 9.61 Å². The van der Waals surface area contributed by atoms with Crippen LogP contribution >= 0.6 is 0 Å². The van der Waals surface area contributed by atoms with Crippen molar-refractivity contribution in [2.24, 2.45) is 0 Å². The molecule has 142 valence electrons. The Morgan fingerprint density at radius 3 is 2.59 bits per heavy atom. The van der Waals surface area contributed by atoms with Gasteiger partial charge in [-0.25, -0.2) is 4.98 Å². The van der Waals surface area contributed by atoms with Gasteiger partial charge >= 0.3 is 0 Å². The average molecular weight is 364 g/mol. The zero-order valence-electron chi connectivity index (χ0n) is 17.0. The first-order valence-corrected chi connectivity index (χ1v) is 9.90. The Hall–Kier alpha value is -2.56. The van der Waals surface area contributed by atoms with E-state index >= 15 is 0 Å². The molecule has 0 spiro atoms. The second kappa shape index (κ2) is 6.87. The summed E-state index contributed by atoms with van der Waals surface area (Å²) in [4.78, 5) is 7.50. The SMILES string of the molecule is CCN(CC)c1c2c(nc3c(-c4ccc(OC)cc4C)c(C)nn13)CCC2. The number of anilines is 1. The van der Waals surface area contributed by atoms with Crippen LogP contribution in [0.5, 0.6) is 5.75 Å². The molecule has 0 unspecified atom stereocenters. The number of aromatic nitrogens is 3. The van der Waals surface area contributed by atoms with Crippen LogP contribution in [-0.4, -0.2) is 34.8 Å². The summed E-state index contributed by atoms with van der Waals surface area (Å²) in [5, 5.41) is 4.95. The van der Waals surface area contributed by atoms with E-state index in [0.717, 1.165) is 48.6 Å². The predicted molar refractivity (Wildman–Crippen MR) is 110 cm³/mol. The van der Waals surface area contributed by atoms with E-state index in [0.29, 0.717) is 0 Å². The van der Waals surface area contributed by atoms with Crippen LogP contribution in [0.4, 0.5) is 5.82 Å². The number of methoxy groups -OCH3 is 1. The van der Waals surface area contributed by atoms with E-state index in [1.54, 1.807) is 7.11 Å². The first-order valence-electron chi connectivity index (χ1n) is 9.90. The third kappa shape index (κ3) is 2.76. The number of hydrogen-bond acceptors (Lipinski definition) is 4. The molecule has 5 heteroatoms. The number of aryl methyl sites for hydroxylation is 3. The molecule has 0 atom stereocenters. The Balaban J connectivity index is 2.02. The number of fused-ring (bicyclic) bond motifs is 2. The van der Waals surface area contributed by atoms with Crippen molar-refractivity contribution in [3.63, 3.8) is 0 Å². The van der Waals surface area contributed by atoms with Crippen molar-refractivity contribution >= 4 is 11.5 Å². The fraction of sp³-hybridized carbons (Fsp3) is 0.455. The molecule has 1 aliphatic rings. The molecule has 0 N–H and O–H groups in total. The van der Waals surface area contributed by atoms with Crippen molar-refractivity contribution in [2.45, 2.75) is 47.0 Å². The van der Waals surface area contributed by atoms with Gasteiger partial charge in [0.15, 0.2) is 5.65 Å². The van der Waals surface area contributed by atoms with Gasteiger partial charge in [-0.3, -0.25) is 0 Å². The van der Waals surface area contributed by atoms with Gasteiger partial charge in [0.2, 0.25) is 0 Å². The molecule has 0 radical (unpaired) electrons. The minimum atomic E-state index is 0.878. The third-order valence-electron chi connectivity index (χ3n) is 5.70. The van der Waals surface area contributed by atoms with Crippen LogP contribution in [0, 0.1) is 13.8 Å². The lowest BCUT2D eigenvalue weighted by molar-refractivity contribution is 0.414. The Labute approximate surface area is 161 Å². The quantitative estimate of drug-likeness (QED) is 0.675. The summed E-state index contributed by atoms with van der Waals surface area (Å²) in [5.41, 5.74) is 8.12. The number of nitrogens with zero attached hydrogens (tertiary/aromatic N) is 4. The second-order valence-corrected chi connectivity index (χ2v) is 7.26. The van der Waals surface area contributed by atoms with Crippen LogP contribution in [0.15, 0.2) is 18.2 Å². The lowest BCUT2D eigenvalue weighted by Crippen LogP contribution is -2.26. The maximum atomic E-state index is 5.38. The highest BCUT2D eigenvalue weighted by atomic mass is 16.5. The number of benzene rings is 1. The maximum absolute atomic E-state index is 5.38. The van der Waals surface area contributed by atoms with E-state index < -0.39 is 0 Å². The molecular weight excluding hydrogens is 336 g/mol. The molecule has 0 fully saturated rings. The van der Waals surface area contributed by atoms with Gasteiger partial charge < -0.3 is 9.64 Å². The number of ether oxygens (including phenoxy) is 1. The van der Waals surface area contributed by atoms with Crippen LogP contribution in [0.3, 0.4) is 0 Å². The molecule has 5 nitrogen and oxygen atoms in total. The highest BCUT2D eigenvalue weighted by Crippen LogP contribution is 2.37. The van der Waals surface area contributed by atoms with E-state index in [-0.39, 0.29) is 0 Å². The standard InChI is InChI=1S/C22H28N4O/c1-6-25(7-2)22-18-9-8-10-19(18)23-21-20(15(4)24-26(21)22)17-12-11-16(27-5)13-14(17)3/h11-13H,6-10H2,1-5H3. The van der Waals surface area contributed by atoms with E-state index in [1.165, 1.54) is 34.6 Å². The molecule has 1 aliphatic carbocycles. The minimum Gasteiger partial charge on any atom is -0.497 e. The molecule has 3 aromatic rings. The van der Waals surface area contributed by atoms with E-state index in [4.69, 9.17) is 14.8 Å². The van der Waals surface area contributed by atoms with Crippen LogP contribution in [0.1, 0.15) is 42.8 Å². The topological polar surface area (TPSA) is 42.7 Å². The molecule has 0 saturated carbocycles. The lowest BCUT2D eigenvalue weighted by Gasteiger charge is -2.24. The Morgan fingerprint density at radius 1 is 1.15 bits per heavy atom. The molecule has 27 heavy (non-hydrogen) atoms. The van der Waals surface area contributed by atoms with Crippen molar-refractivity contribution < 1.29 is 4.74 Å². The molecule has 0 aliphatic heterocycles. The number of rotatable bonds is 5. The summed E-state index contributed by atoms with van der Waals surface area (Å²) in [6.07, 6.45) is 3.34. The van der Waals surface area contributed by atoms with Crippen LogP contribution in [0.2, 0.25) is 0 Å². The second-order valence-electron chi connectivity index (χ2n) is 7.26. The third-order valence-corrected chi connectivity index (χ3v) is 5.70.